The number of carbonyl (C=O) groups excluding carboxylic acids is 2. The lowest BCUT2D eigenvalue weighted by Crippen LogP contribution is -2.44. The van der Waals surface area contributed by atoms with Crippen molar-refractivity contribution in [2.24, 2.45) is 5.92 Å². The summed E-state index contributed by atoms with van der Waals surface area (Å²) in [7, 11) is 0. The third kappa shape index (κ3) is 3.78. The summed E-state index contributed by atoms with van der Waals surface area (Å²) < 4.78 is 0. The fraction of sp³-hybridized carbons (Fsp3) is 0.462. The van der Waals surface area contributed by atoms with Crippen LogP contribution in [0.25, 0.3) is 11.2 Å². The Morgan fingerprint density at radius 3 is 2.76 bits per heavy atom. The van der Waals surface area contributed by atoms with Crippen molar-refractivity contribution in [1.29, 1.82) is 0 Å². The molecule has 2 rings (SSSR count). The van der Waals surface area contributed by atoms with Gasteiger partial charge in [0.2, 0.25) is 5.91 Å². The van der Waals surface area contributed by atoms with Crippen molar-refractivity contribution in [1.82, 2.24) is 25.3 Å². The van der Waals surface area contributed by atoms with Gasteiger partial charge in [-0.05, 0) is 12.8 Å². The van der Waals surface area contributed by atoms with E-state index in [-0.39, 0.29) is 23.4 Å². The van der Waals surface area contributed by atoms with Crippen LogP contribution in [0.1, 0.15) is 20.8 Å². The number of Topliss-reactive ketones (excluding diaryl/α,β-unsaturated/α-hetero) is 1. The highest BCUT2D eigenvalue weighted by molar-refractivity contribution is 8.00. The standard InChI is InChI=1S/C13H17N5O2S/c1-7(2)10(8(3)19)18-9(20)4-21-13-11-12(15-5-14-11)16-6-17-13/h5-7,10H,4H2,1-3H3,(H,18,20)(H,14,15,16,17). The molecule has 112 valence electrons. The lowest BCUT2D eigenvalue weighted by Gasteiger charge is -2.19. The van der Waals surface area contributed by atoms with Crippen LogP contribution in [0.2, 0.25) is 0 Å². The molecule has 1 unspecified atom stereocenters. The van der Waals surface area contributed by atoms with Gasteiger partial charge in [-0.25, -0.2) is 15.0 Å². The Balaban J connectivity index is 1.98. The second-order valence-corrected chi connectivity index (χ2v) is 5.93. The molecule has 1 amide bonds. The molecular weight excluding hydrogens is 290 g/mol. The molecule has 0 aromatic carbocycles. The van der Waals surface area contributed by atoms with Crippen molar-refractivity contribution in [3.8, 4) is 0 Å². The molecule has 2 aromatic rings. The van der Waals surface area contributed by atoms with E-state index in [2.05, 4.69) is 25.3 Å². The fourth-order valence-electron chi connectivity index (χ4n) is 1.94. The molecule has 0 bridgehead atoms. The van der Waals surface area contributed by atoms with Crippen molar-refractivity contribution >= 4 is 34.6 Å². The minimum absolute atomic E-state index is 0.0404. The first-order valence-electron chi connectivity index (χ1n) is 6.55. The quantitative estimate of drug-likeness (QED) is 0.614. The first kappa shape index (κ1) is 15.4. The molecule has 2 aromatic heterocycles. The molecule has 0 radical (unpaired) electrons. The van der Waals surface area contributed by atoms with E-state index in [1.54, 1.807) is 0 Å². The van der Waals surface area contributed by atoms with Crippen molar-refractivity contribution in [2.75, 3.05) is 5.75 Å². The largest absolute Gasteiger partial charge is 0.345 e. The topological polar surface area (TPSA) is 101 Å². The number of nitrogens with one attached hydrogen (secondary N) is 2. The Kier molecular flexibility index (Phi) is 4.89. The Labute approximate surface area is 126 Å². The van der Waals surface area contributed by atoms with Gasteiger partial charge in [0.15, 0.2) is 11.4 Å². The highest BCUT2D eigenvalue weighted by Crippen LogP contribution is 2.21. The van der Waals surface area contributed by atoms with Gasteiger partial charge in [0, 0.05) is 0 Å². The predicted octanol–water partition coefficient (Wildman–Crippen LogP) is 1.17. The Hall–Kier alpha value is -1.96. The number of rotatable bonds is 6. The van der Waals surface area contributed by atoms with Crippen LogP contribution < -0.4 is 5.32 Å². The number of thioether (sulfide) groups is 1. The summed E-state index contributed by atoms with van der Waals surface area (Å²) in [6, 6.07) is -0.448. The molecule has 21 heavy (non-hydrogen) atoms. The van der Waals surface area contributed by atoms with Gasteiger partial charge in [0.25, 0.3) is 0 Å². The van der Waals surface area contributed by atoms with Crippen LogP contribution in [0, 0.1) is 5.92 Å². The summed E-state index contributed by atoms with van der Waals surface area (Å²) >= 11 is 1.28. The third-order valence-corrected chi connectivity index (χ3v) is 3.94. The first-order chi connectivity index (χ1) is 9.99. The molecular formula is C13H17N5O2S. The van der Waals surface area contributed by atoms with Crippen molar-refractivity contribution in [2.45, 2.75) is 31.8 Å². The lowest BCUT2D eigenvalue weighted by molar-refractivity contribution is -0.126. The SMILES string of the molecule is CC(=O)C(NC(=O)CSc1ncnc2nc[nH]c12)C(C)C. The zero-order valence-corrected chi connectivity index (χ0v) is 12.9. The molecule has 2 heterocycles. The number of hydrogen-bond acceptors (Lipinski definition) is 6. The van der Waals surface area contributed by atoms with E-state index >= 15 is 0 Å². The van der Waals surface area contributed by atoms with Gasteiger partial charge in [0.1, 0.15) is 16.9 Å². The van der Waals surface area contributed by atoms with Crippen LogP contribution in [-0.2, 0) is 9.59 Å². The number of fused-ring (bicyclic) bond motifs is 1. The van der Waals surface area contributed by atoms with Crippen molar-refractivity contribution in [3.63, 3.8) is 0 Å². The molecule has 0 aliphatic carbocycles. The van der Waals surface area contributed by atoms with E-state index in [9.17, 15) is 9.59 Å². The molecule has 7 nitrogen and oxygen atoms in total. The van der Waals surface area contributed by atoms with Gasteiger partial charge in [0.05, 0.1) is 18.1 Å². The highest BCUT2D eigenvalue weighted by Gasteiger charge is 2.20. The van der Waals surface area contributed by atoms with E-state index in [4.69, 9.17) is 0 Å². The van der Waals surface area contributed by atoms with E-state index in [0.717, 1.165) is 0 Å². The maximum absolute atomic E-state index is 12.0. The van der Waals surface area contributed by atoms with Gasteiger partial charge in [-0.15, -0.1) is 0 Å². The zero-order valence-electron chi connectivity index (χ0n) is 12.1. The number of aromatic nitrogens is 4. The number of hydrogen-bond donors (Lipinski definition) is 2. The lowest BCUT2D eigenvalue weighted by atomic mass is 10.0. The van der Waals surface area contributed by atoms with Crippen molar-refractivity contribution < 1.29 is 9.59 Å². The molecule has 1 atom stereocenters. The van der Waals surface area contributed by atoms with Gasteiger partial charge in [-0.1, -0.05) is 25.6 Å². The van der Waals surface area contributed by atoms with Crippen LogP contribution in [0.3, 0.4) is 0 Å². The second-order valence-electron chi connectivity index (χ2n) is 4.97. The normalized spacial score (nSPS) is 12.6. The molecule has 0 saturated carbocycles. The maximum atomic E-state index is 12.0. The third-order valence-electron chi connectivity index (χ3n) is 2.95. The number of aromatic amines is 1. The van der Waals surface area contributed by atoms with Crippen LogP contribution in [0.15, 0.2) is 17.7 Å². The van der Waals surface area contributed by atoms with Gasteiger partial charge in [-0.3, -0.25) is 9.59 Å². The molecule has 0 fully saturated rings. The summed E-state index contributed by atoms with van der Waals surface area (Å²) in [5.74, 6) is 0.0121. The van der Waals surface area contributed by atoms with E-state index in [0.29, 0.717) is 16.2 Å². The van der Waals surface area contributed by atoms with Crippen LogP contribution in [0.4, 0.5) is 0 Å². The Morgan fingerprint density at radius 2 is 2.10 bits per heavy atom. The molecule has 0 saturated heterocycles. The number of H-pyrrole nitrogens is 1. The van der Waals surface area contributed by atoms with Crippen LogP contribution in [-0.4, -0.2) is 43.4 Å². The summed E-state index contributed by atoms with van der Waals surface area (Å²) in [6.07, 6.45) is 2.95. The van der Waals surface area contributed by atoms with Crippen molar-refractivity contribution in [3.05, 3.63) is 12.7 Å². The van der Waals surface area contributed by atoms with Gasteiger partial charge >= 0.3 is 0 Å². The highest BCUT2D eigenvalue weighted by atomic mass is 32.2. The number of amides is 1. The molecule has 0 aliphatic heterocycles. The summed E-state index contributed by atoms with van der Waals surface area (Å²) in [6.45, 7) is 5.28. The summed E-state index contributed by atoms with van der Waals surface area (Å²) in [5, 5.41) is 3.41. The van der Waals surface area contributed by atoms with E-state index in [1.807, 2.05) is 13.8 Å². The molecule has 0 aliphatic rings. The number of carbonyl (C=O) groups is 2. The minimum Gasteiger partial charge on any atom is -0.345 e. The summed E-state index contributed by atoms with van der Waals surface area (Å²) in [4.78, 5) is 38.6. The Bertz CT molecular complexity index is 655. The fourth-order valence-corrected chi connectivity index (χ4v) is 2.71. The molecule has 8 heteroatoms. The minimum atomic E-state index is -0.448. The second kappa shape index (κ2) is 6.66. The van der Waals surface area contributed by atoms with E-state index < -0.39 is 6.04 Å². The number of ketones is 1. The van der Waals surface area contributed by atoms with Gasteiger partial charge < -0.3 is 10.3 Å². The predicted molar refractivity (Wildman–Crippen MR) is 79.9 cm³/mol. The smallest absolute Gasteiger partial charge is 0.231 e. The van der Waals surface area contributed by atoms with Gasteiger partial charge in [-0.2, -0.15) is 0 Å². The monoisotopic (exact) mass is 307 g/mol. The average Bonchev–Trinajstić information content (AvgIpc) is 2.90. The Morgan fingerprint density at radius 1 is 1.33 bits per heavy atom. The average molecular weight is 307 g/mol. The number of imidazole rings is 1. The van der Waals surface area contributed by atoms with Crippen LogP contribution >= 0.6 is 11.8 Å². The number of nitrogens with zero attached hydrogens (tertiary/aromatic N) is 3. The zero-order chi connectivity index (χ0) is 15.4. The summed E-state index contributed by atoms with van der Waals surface area (Å²) in [5.41, 5.74) is 1.28. The first-order valence-corrected chi connectivity index (χ1v) is 7.54. The molecule has 0 spiro atoms. The molecule has 2 N–H and O–H groups in total. The van der Waals surface area contributed by atoms with E-state index in [1.165, 1.54) is 31.3 Å². The maximum Gasteiger partial charge on any atom is 0.231 e. The van der Waals surface area contributed by atoms with Crippen LogP contribution in [0.5, 0.6) is 0 Å².